The fourth-order valence-electron chi connectivity index (χ4n) is 5.19. The summed E-state index contributed by atoms with van der Waals surface area (Å²) < 4.78 is 3.39. The van der Waals surface area contributed by atoms with Crippen LogP contribution in [0.1, 0.15) is 48.3 Å². The van der Waals surface area contributed by atoms with Crippen molar-refractivity contribution in [2.45, 2.75) is 38.3 Å². The number of rotatable bonds is 3. The lowest BCUT2D eigenvalue weighted by Gasteiger charge is -2.39. The van der Waals surface area contributed by atoms with Gasteiger partial charge in [-0.1, -0.05) is 12.1 Å². The number of halogens is 1. The standard InChI is InChI=1S/C24H31BrN6/c1-17-7-6-12-26-22(17)18-8-4-9-19(29(18)3)23-24(25)31-20(27-23)10-5-11-21(31)30-15-13-28(2)14-16-30/h5-7,10-12,18-19H,4,8-9,13-16H2,1-3H3. The Morgan fingerprint density at radius 2 is 1.68 bits per heavy atom. The molecule has 6 nitrogen and oxygen atoms in total. The molecule has 7 heteroatoms. The highest BCUT2D eigenvalue weighted by Crippen LogP contribution is 2.42. The number of aryl methyl sites for hydroxylation is 1. The fraction of sp³-hybridized carbons (Fsp3) is 0.500. The van der Waals surface area contributed by atoms with Crippen molar-refractivity contribution in [3.8, 4) is 0 Å². The third-order valence-electron chi connectivity index (χ3n) is 7.04. The molecule has 0 N–H and O–H groups in total. The minimum atomic E-state index is 0.273. The molecule has 2 fully saturated rings. The molecule has 0 aromatic carbocycles. The molecule has 5 heterocycles. The lowest BCUT2D eigenvalue weighted by Crippen LogP contribution is -2.45. The van der Waals surface area contributed by atoms with Crippen molar-refractivity contribution < 1.29 is 0 Å². The van der Waals surface area contributed by atoms with Gasteiger partial charge in [0.25, 0.3) is 0 Å². The molecule has 5 rings (SSSR count). The monoisotopic (exact) mass is 482 g/mol. The third-order valence-corrected chi connectivity index (χ3v) is 7.80. The lowest BCUT2D eigenvalue weighted by molar-refractivity contribution is 0.109. The van der Waals surface area contributed by atoms with Crippen LogP contribution in [0.4, 0.5) is 5.82 Å². The second kappa shape index (κ2) is 8.52. The molecule has 0 aliphatic carbocycles. The number of likely N-dealkylation sites (N-methyl/N-ethyl adjacent to an activating group) is 1. The van der Waals surface area contributed by atoms with Gasteiger partial charge in [0.1, 0.15) is 16.1 Å². The van der Waals surface area contributed by atoms with Gasteiger partial charge in [-0.15, -0.1) is 0 Å². The van der Waals surface area contributed by atoms with Crippen LogP contribution in [0.25, 0.3) is 5.65 Å². The summed E-state index contributed by atoms with van der Waals surface area (Å²) in [4.78, 5) is 17.2. The minimum Gasteiger partial charge on any atom is -0.355 e. The summed E-state index contributed by atoms with van der Waals surface area (Å²) in [7, 11) is 4.43. The zero-order valence-electron chi connectivity index (χ0n) is 18.6. The van der Waals surface area contributed by atoms with E-state index in [2.05, 4.69) is 80.3 Å². The largest absolute Gasteiger partial charge is 0.355 e. The van der Waals surface area contributed by atoms with E-state index in [0.717, 1.165) is 55.0 Å². The molecule has 3 aromatic rings. The van der Waals surface area contributed by atoms with Crippen molar-refractivity contribution in [1.82, 2.24) is 24.2 Å². The van der Waals surface area contributed by atoms with Gasteiger partial charge in [-0.25, -0.2) is 4.98 Å². The molecular formula is C24H31BrN6. The molecule has 164 valence electrons. The number of imidazole rings is 1. The maximum absolute atomic E-state index is 5.12. The number of hydrogen-bond donors (Lipinski definition) is 0. The Bertz CT molecular complexity index is 1070. The Labute approximate surface area is 193 Å². The predicted molar refractivity (Wildman–Crippen MR) is 129 cm³/mol. The smallest absolute Gasteiger partial charge is 0.139 e. The summed E-state index contributed by atoms with van der Waals surface area (Å²) in [5, 5.41) is 0. The highest BCUT2D eigenvalue weighted by atomic mass is 79.9. The van der Waals surface area contributed by atoms with Crippen molar-refractivity contribution in [2.75, 3.05) is 45.2 Å². The van der Waals surface area contributed by atoms with Gasteiger partial charge in [0.05, 0.1) is 23.5 Å². The van der Waals surface area contributed by atoms with Crippen LogP contribution in [-0.4, -0.2) is 64.4 Å². The number of piperazine rings is 1. The molecule has 2 atom stereocenters. The highest BCUT2D eigenvalue weighted by Gasteiger charge is 2.34. The number of nitrogens with zero attached hydrogens (tertiary/aromatic N) is 6. The van der Waals surface area contributed by atoms with Crippen molar-refractivity contribution in [2.24, 2.45) is 0 Å². The van der Waals surface area contributed by atoms with Crippen LogP contribution in [0.3, 0.4) is 0 Å². The van der Waals surface area contributed by atoms with Gasteiger partial charge < -0.3 is 9.80 Å². The number of fused-ring (bicyclic) bond motifs is 1. The number of aromatic nitrogens is 3. The molecule has 2 aliphatic rings. The molecule has 31 heavy (non-hydrogen) atoms. The minimum absolute atomic E-state index is 0.273. The van der Waals surface area contributed by atoms with Crippen LogP contribution in [0.2, 0.25) is 0 Å². The first-order valence-corrected chi connectivity index (χ1v) is 12.1. The molecule has 0 amide bonds. The van der Waals surface area contributed by atoms with Crippen molar-refractivity contribution >= 4 is 27.4 Å². The summed E-state index contributed by atoms with van der Waals surface area (Å²) in [6, 6.07) is 11.3. The van der Waals surface area contributed by atoms with E-state index in [1.807, 2.05) is 12.3 Å². The Hall–Kier alpha value is -1.96. The van der Waals surface area contributed by atoms with E-state index in [0.29, 0.717) is 6.04 Å². The normalized spacial score (nSPS) is 23.5. The third kappa shape index (κ3) is 3.77. The lowest BCUT2D eigenvalue weighted by atomic mass is 9.91. The summed E-state index contributed by atoms with van der Waals surface area (Å²) in [6.07, 6.45) is 5.36. The van der Waals surface area contributed by atoms with Crippen LogP contribution in [0.5, 0.6) is 0 Å². The summed E-state index contributed by atoms with van der Waals surface area (Å²) in [5.41, 5.74) is 4.63. The maximum atomic E-state index is 5.12. The molecule has 2 saturated heterocycles. The molecule has 2 unspecified atom stereocenters. The molecular weight excluding hydrogens is 452 g/mol. The SMILES string of the molecule is Cc1cccnc1C1CCCC(c2nc3cccc(N4CCN(C)CC4)n3c2Br)N1C. The Morgan fingerprint density at radius 3 is 2.42 bits per heavy atom. The van der Waals surface area contributed by atoms with Crippen LogP contribution >= 0.6 is 15.9 Å². The predicted octanol–water partition coefficient (Wildman–Crippen LogP) is 4.45. The molecule has 3 aromatic heterocycles. The van der Waals surface area contributed by atoms with Gasteiger partial charge in [-0.3, -0.25) is 14.3 Å². The zero-order valence-corrected chi connectivity index (χ0v) is 20.2. The molecule has 0 saturated carbocycles. The van der Waals surface area contributed by atoms with E-state index in [1.165, 1.54) is 23.5 Å². The van der Waals surface area contributed by atoms with Crippen LogP contribution in [0.15, 0.2) is 41.1 Å². The topological polar surface area (TPSA) is 39.9 Å². The van der Waals surface area contributed by atoms with Gasteiger partial charge in [0, 0.05) is 32.4 Å². The van der Waals surface area contributed by atoms with Gasteiger partial charge in [-0.2, -0.15) is 0 Å². The maximum Gasteiger partial charge on any atom is 0.139 e. The second-order valence-electron chi connectivity index (χ2n) is 8.99. The number of piperidine rings is 1. The Morgan fingerprint density at radius 1 is 0.935 bits per heavy atom. The van der Waals surface area contributed by atoms with E-state index in [-0.39, 0.29) is 6.04 Å². The molecule has 0 spiro atoms. The number of pyridine rings is 2. The Kier molecular flexibility index (Phi) is 5.75. The van der Waals surface area contributed by atoms with Crippen LogP contribution < -0.4 is 4.90 Å². The van der Waals surface area contributed by atoms with Crippen LogP contribution in [0, 0.1) is 6.92 Å². The first-order chi connectivity index (χ1) is 15.0. The molecule has 0 bridgehead atoms. The molecule has 2 aliphatic heterocycles. The average Bonchev–Trinajstić information content (AvgIpc) is 3.12. The molecule has 0 radical (unpaired) electrons. The summed E-state index contributed by atoms with van der Waals surface area (Å²) in [6.45, 7) is 6.43. The van der Waals surface area contributed by atoms with E-state index in [4.69, 9.17) is 9.97 Å². The van der Waals surface area contributed by atoms with E-state index >= 15 is 0 Å². The van der Waals surface area contributed by atoms with Gasteiger partial charge in [0.15, 0.2) is 0 Å². The van der Waals surface area contributed by atoms with Crippen molar-refractivity contribution in [3.05, 3.63) is 58.1 Å². The fourth-order valence-corrected chi connectivity index (χ4v) is 5.90. The number of anilines is 1. The van der Waals surface area contributed by atoms with Crippen LogP contribution in [-0.2, 0) is 0 Å². The van der Waals surface area contributed by atoms with Crippen molar-refractivity contribution in [3.63, 3.8) is 0 Å². The number of likely N-dealkylation sites (tertiary alicyclic amines) is 1. The quantitative estimate of drug-likeness (QED) is 0.551. The van der Waals surface area contributed by atoms with Crippen molar-refractivity contribution in [1.29, 1.82) is 0 Å². The number of hydrogen-bond acceptors (Lipinski definition) is 5. The zero-order chi connectivity index (χ0) is 21.5. The Balaban J connectivity index is 1.51. The highest BCUT2D eigenvalue weighted by molar-refractivity contribution is 9.10. The van der Waals surface area contributed by atoms with E-state index in [9.17, 15) is 0 Å². The second-order valence-corrected chi connectivity index (χ2v) is 9.74. The van der Waals surface area contributed by atoms with E-state index < -0.39 is 0 Å². The van der Waals surface area contributed by atoms with Gasteiger partial charge in [-0.05, 0) is 80.0 Å². The first kappa shape index (κ1) is 20.9. The summed E-state index contributed by atoms with van der Waals surface area (Å²) in [5.74, 6) is 1.23. The summed E-state index contributed by atoms with van der Waals surface area (Å²) >= 11 is 3.96. The van der Waals surface area contributed by atoms with E-state index in [1.54, 1.807) is 0 Å². The first-order valence-electron chi connectivity index (χ1n) is 11.3. The van der Waals surface area contributed by atoms with Gasteiger partial charge >= 0.3 is 0 Å². The van der Waals surface area contributed by atoms with Gasteiger partial charge in [0.2, 0.25) is 0 Å². The average molecular weight is 483 g/mol.